The van der Waals surface area contributed by atoms with E-state index in [1.807, 2.05) is 44.8 Å². The van der Waals surface area contributed by atoms with Crippen LogP contribution in [0.2, 0.25) is 0 Å². The van der Waals surface area contributed by atoms with Crippen molar-refractivity contribution in [3.05, 3.63) is 58.3 Å². The lowest BCUT2D eigenvalue weighted by molar-refractivity contribution is -0.165. The lowest BCUT2D eigenvalue weighted by Crippen LogP contribution is -2.64. The van der Waals surface area contributed by atoms with Gasteiger partial charge in [-0.25, -0.2) is 0 Å². The number of hydrogen-bond donors (Lipinski definition) is 0. The predicted molar refractivity (Wildman–Crippen MR) is 93.7 cm³/mol. The van der Waals surface area contributed by atoms with Crippen LogP contribution in [0.1, 0.15) is 28.8 Å². The molecule has 0 saturated carbocycles. The average Bonchev–Trinajstić information content (AvgIpc) is 3.16. The molecule has 0 atom stereocenters. The number of carbonyl (C=O) groups excluding carboxylic acids is 2. The van der Waals surface area contributed by atoms with Gasteiger partial charge < -0.3 is 9.80 Å². The van der Waals surface area contributed by atoms with Crippen molar-refractivity contribution in [1.82, 2.24) is 9.80 Å². The molecule has 4 rings (SSSR count). The Morgan fingerprint density at radius 2 is 1.88 bits per heavy atom. The zero-order chi connectivity index (χ0) is 16.6. The molecule has 2 fully saturated rings. The monoisotopic (exact) mass is 340 g/mol. The molecule has 2 aliphatic rings. The fourth-order valence-electron chi connectivity index (χ4n) is 3.76. The number of benzene rings is 1. The van der Waals surface area contributed by atoms with Crippen molar-refractivity contribution in [3.8, 4) is 0 Å². The predicted octanol–water partition coefficient (Wildman–Crippen LogP) is 3.01. The summed E-state index contributed by atoms with van der Waals surface area (Å²) in [4.78, 5) is 28.9. The molecule has 2 aliphatic heterocycles. The van der Waals surface area contributed by atoms with Gasteiger partial charge in [-0.15, -0.1) is 0 Å². The second-order valence-corrected chi connectivity index (χ2v) is 7.51. The first kappa shape index (κ1) is 15.4. The Balaban J connectivity index is 1.35. The number of carbonyl (C=O) groups is 2. The van der Waals surface area contributed by atoms with Crippen LogP contribution in [-0.4, -0.2) is 41.2 Å². The molecular weight excluding hydrogens is 320 g/mol. The van der Waals surface area contributed by atoms with Crippen LogP contribution >= 0.6 is 11.3 Å². The molecule has 3 heterocycles. The van der Waals surface area contributed by atoms with Crippen LogP contribution in [-0.2, 0) is 11.3 Å². The fraction of sp³-hybridized carbons (Fsp3) is 0.368. The molecule has 1 aromatic carbocycles. The van der Waals surface area contributed by atoms with E-state index >= 15 is 0 Å². The van der Waals surface area contributed by atoms with Gasteiger partial charge in [0.05, 0.1) is 11.0 Å². The van der Waals surface area contributed by atoms with E-state index in [-0.39, 0.29) is 17.2 Å². The normalized spacial score (nSPS) is 19.4. The van der Waals surface area contributed by atoms with Gasteiger partial charge in [0.2, 0.25) is 5.91 Å². The van der Waals surface area contributed by atoms with Gasteiger partial charge in [-0.1, -0.05) is 30.3 Å². The maximum atomic E-state index is 12.7. The molecule has 4 nitrogen and oxygen atoms in total. The van der Waals surface area contributed by atoms with Crippen LogP contribution in [0, 0.1) is 5.41 Å². The van der Waals surface area contributed by atoms with E-state index in [1.165, 1.54) is 5.56 Å². The first-order valence-electron chi connectivity index (χ1n) is 8.33. The van der Waals surface area contributed by atoms with Crippen LogP contribution in [0.15, 0.2) is 47.2 Å². The highest BCUT2D eigenvalue weighted by Crippen LogP contribution is 2.42. The molecule has 1 spiro atoms. The van der Waals surface area contributed by atoms with E-state index in [0.29, 0.717) is 19.6 Å². The summed E-state index contributed by atoms with van der Waals surface area (Å²) in [6, 6.07) is 12.0. The average molecular weight is 340 g/mol. The summed E-state index contributed by atoms with van der Waals surface area (Å²) in [6.07, 6.45) is 1.57. The zero-order valence-corrected chi connectivity index (χ0v) is 14.3. The molecule has 2 aromatic rings. The van der Waals surface area contributed by atoms with Crippen molar-refractivity contribution in [2.24, 2.45) is 5.41 Å². The van der Waals surface area contributed by atoms with Crippen molar-refractivity contribution < 1.29 is 9.59 Å². The molecule has 5 heteroatoms. The molecule has 2 saturated heterocycles. The van der Waals surface area contributed by atoms with E-state index < -0.39 is 0 Å². The Labute approximate surface area is 145 Å². The van der Waals surface area contributed by atoms with Gasteiger partial charge in [0, 0.05) is 31.6 Å². The van der Waals surface area contributed by atoms with Gasteiger partial charge in [0.15, 0.2) is 0 Å². The van der Waals surface area contributed by atoms with E-state index in [9.17, 15) is 9.59 Å². The highest BCUT2D eigenvalue weighted by atomic mass is 32.1. The molecule has 0 unspecified atom stereocenters. The van der Waals surface area contributed by atoms with Crippen molar-refractivity contribution >= 4 is 23.2 Å². The number of rotatable bonds is 3. The lowest BCUT2D eigenvalue weighted by atomic mass is 9.71. The van der Waals surface area contributed by atoms with Crippen LogP contribution < -0.4 is 0 Å². The van der Waals surface area contributed by atoms with E-state index in [1.54, 1.807) is 11.3 Å². The molecule has 24 heavy (non-hydrogen) atoms. The summed E-state index contributed by atoms with van der Waals surface area (Å²) >= 11 is 1.54. The van der Waals surface area contributed by atoms with Gasteiger partial charge in [-0.05, 0) is 29.9 Å². The highest BCUT2D eigenvalue weighted by Gasteiger charge is 2.53. The fourth-order valence-corrected chi connectivity index (χ4v) is 4.39. The van der Waals surface area contributed by atoms with Gasteiger partial charge in [0.25, 0.3) is 5.91 Å². The topological polar surface area (TPSA) is 40.6 Å². The number of thiophene rings is 1. The summed E-state index contributed by atoms with van der Waals surface area (Å²) in [7, 11) is 0. The third kappa shape index (κ3) is 2.63. The van der Waals surface area contributed by atoms with E-state index in [2.05, 4.69) is 12.1 Å². The molecule has 2 amide bonds. The number of hydrogen-bond acceptors (Lipinski definition) is 3. The van der Waals surface area contributed by atoms with Crippen molar-refractivity contribution in [3.63, 3.8) is 0 Å². The minimum absolute atomic E-state index is 0.0963. The van der Waals surface area contributed by atoms with Gasteiger partial charge in [-0.3, -0.25) is 9.59 Å². The highest BCUT2D eigenvalue weighted by molar-refractivity contribution is 7.08. The van der Waals surface area contributed by atoms with Crippen molar-refractivity contribution in [1.29, 1.82) is 0 Å². The van der Waals surface area contributed by atoms with Gasteiger partial charge in [-0.2, -0.15) is 11.3 Å². The Kier molecular flexibility index (Phi) is 3.88. The van der Waals surface area contributed by atoms with Gasteiger partial charge in [0.1, 0.15) is 0 Å². The van der Waals surface area contributed by atoms with Crippen LogP contribution in [0.5, 0.6) is 0 Å². The molecule has 0 N–H and O–H groups in total. The van der Waals surface area contributed by atoms with Crippen LogP contribution in [0.4, 0.5) is 0 Å². The standard InChI is InChI=1S/C19H20N2O2S/c22-17(16-6-11-24-13-16)20-9-7-19(8-10-20)14-21(18(19)23)12-15-4-2-1-3-5-15/h1-6,11,13H,7-10,12,14H2. The number of amides is 2. The Hall–Kier alpha value is -2.14. The summed E-state index contributed by atoms with van der Waals surface area (Å²) in [5.74, 6) is 0.355. The molecule has 0 bridgehead atoms. The SMILES string of the molecule is O=C(c1ccsc1)N1CCC2(CC1)CN(Cc1ccccc1)C2=O. The first-order chi connectivity index (χ1) is 11.7. The number of piperidine rings is 1. The minimum atomic E-state index is -0.222. The van der Waals surface area contributed by atoms with Gasteiger partial charge >= 0.3 is 0 Å². The summed E-state index contributed by atoms with van der Waals surface area (Å²) in [6.45, 7) is 2.87. The third-order valence-electron chi connectivity index (χ3n) is 5.23. The number of β-lactam (4-membered cyclic amide) rings is 1. The second-order valence-electron chi connectivity index (χ2n) is 6.73. The second kappa shape index (κ2) is 6.06. The zero-order valence-electron chi connectivity index (χ0n) is 13.5. The molecule has 124 valence electrons. The Morgan fingerprint density at radius 3 is 2.50 bits per heavy atom. The summed E-state index contributed by atoms with van der Waals surface area (Å²) < 4.78 is 0. The van der Waals surface area contributed by atoms with Crippen LogP contribution in [0.3, 0.4) is 0 Å². The molecule has 0 radical (unpaired) electrons. The van der Waals surface area contributed by atoms with Crippen molar-refractivity contribution in [2.45, 2.75) is 19.4 Å². The van der Waals surface area contributed by atoms with E-state index in [4.69, 9.17) is 0 Å². The molecule has 0 aliphatic carbocycles. The quantitative estimate of drug-likeness (QED) is 0.806. The largest absolute Gasteiger partial charge is 0.339 e. The van der Waals surface area contributed by atoms with Crippen LogP contribution in [0.25, 0.3) is 0 Å². The molecule has 1 aromatic heterocycles. The number of nitrogens with zero attached hydrogens (tertiary/aromatic N) is 2. The first-order valence-corrected chi connectivity index (χ1v) is 9.27. The smallest absolute Gasteiger partial charge is 0.254 e. The lowest BCUT2D eigenvalue weighted by Gasteiger charge is -2.52. The molecular formula is C19H20N2O2S. The number of likely N-dealkylation sites (tertiary alicyclic amines) is 2. The van der Waals surface area contributed by atoms with Crippen molar-refractivity contribution in [2.75, 3.05) is 19.6 Å². The third-order valence-corrected chi connectivity index (χ3v) is 5.91. The maximum Gasteiger partial charge on any atom is 0.254 e. The Morgan fingerprint density at radius 1 is 1.12 bits per heavy atom. The summed E-state index contributed by atoms with van der Waals surface area (Å²) in [5.41, 5.74) is 1.72. The maximum absolute atomic E-state index is 12.7. The summed E-state index contributed by atoms with van der Waals surface area (Å²) in [5, 5.41) is 3.82. The minimum Gasteiger partial charge on any atom is -0.339 e. The van der Waals surface area contributed by atoms with E-state index in [0.717, 1.165) is 24.9 Å². The Bertz CT molecular complexity index is 734.